The molecule has 4 nitrogen and oxygen atoms in total. The molecule has 90 valence electrons. The molecule has 0 saturated carbocycles. The molecule has 0 radical (unpaired) electrons. The molecule has 0 unspecified atom stereocenters. The van der Waals surface area contributed by atoms with Crippen LogP contribution < -0.4 is 11.1 Å². The van der Waals surface area contributed by atoms with E-state index in [1.54, 1.807) is 30.3 Å². The van der Waals surface area contributed by atoms with Crippen molar-refractivity contribution in [1.29, 1.82) is 5.26 Å². The lowest BCUT2D eigenvalue weighted by Crippen LogP contribution is -2.10. The topological polar surface area (TPSA) is 78.9 Å². The van der Waals surface area contributed by atoms with Crippen molar-refractivity contribution in [2.24, 2.45) is 0 Å². The second-order valence-electron chi connectivity index (χ2n) is 3.77. The fourth-order valence-corrected chi connectivity index (χ4v) is 2.30. The van der Waals surface area contributed by atoms with Gasteiger partial charge in [0.15, 0.2) is 0 Å². The van der Waals surface area contributed by atoms with Crippen molar-refractivity contribution in [3.63, 3.8) is 0 Å². The van der Waals surface area contributed by atoms with Gasteiger partial charge in [0, 0.05) is 16.3 Å². The van der Waals surface area contributed by atoms with Crippen LogP contribution in [0.3, 0.4) is 0 Å². The van der Waals surface area contributed by atoms with Gasteiger partial charge in [-0.2, -0.15) is 5.26 Å². The highest BCUT2D eigenvalue weighted by atomic mass is 32.1. The SMILES string of the molecule is Cc1sc(C(=O)Nc2cccc(C#N)c2)cc1N. The van der Waals surface area contributed by atoms with Gasteiger partial charge in [0.1, 0.15) is 0 Å². The summed E-state index contributed by atoms with van der Waals surface area (Å²) in [4.78, 5) is 13.4. The number of carbonyl (C=O) groups is 1. The van der Waals surface area contributed by atoms with E-state index in [1.165, 1.54) is 11.3 Å². The lowest BCUT2D eigenvalue weighted by Gasteiger charge is -2.03. The van der Waals surface area contributed by atoms with Crippen LogP contribution in [0.15, 0.2) is 30.3 Å². The zero-order valence-electron chi connectivity index (χ0n) is 9.73. The Bertz CT molecular complexity index is 620. The second-order valence-corrected chi connectivity index (χ2v) is 5.03. The monoisotopic (exact) mass is 257 g/mol. The minimum absolute atomic E-state index is 0.213. The molecule has 1 aromatic carbocycles. The average Bonchev–Trinajstić information content (AvgIpc) is 2.70. The molecule has 0 atom stereocenters. The molecule has 0 saturated heterocycles. The second kappa shape index (κ2) is 4.90. The lowest BCUT2D eigenvalue weighted by molar-refractivity contribution is 0.103. The number of benzene rings is 1. The highest BCUT2D eigenvalue weighted by Gasteiger charge is 2.11. The molecule has 0 fully saturated rings. The first-order valence-electron chi connectivity index (χ1n) is 5.27. The zero-order valence-corrected chi connectivity index (χ0v) is 10.5. The zero-order chi connectivity index (χ0) is 13.1. The Morgan fingerprint density at radius 2 is 2.22 bits per heavy atom. The molecule has 2 rings (SSSR count). The fraction of sp³-hybridized carbons (Fsp3) is 0.0769. The molecule has 1 aromatic heterocycles. The number of carbonyl (C=O) groups excluding carboxylic acids is 1. The van der Waals surface area contributed by atoms with E-state index in [-0.39, 0.29) is 5.91 Å². The first-order chi connectivity index (χ1) is 8.60. The first kappa shape index (κ1) is 12.1. The predicted molar refractivity (Wildman–Crippen MR) is 72.6 cm³/mol. The van der Waals surface area contributed by atoms with Gasteiger partial charge in [-0.1, -0.05) is 6.07 Å². The van der Waals surface area contributed by atoms with Crippen LogP contribution in [-0.2, 0) is 0 Å². The average molecular weight is 257 g/mol. The summed E-state index contributed by atoms with van der Waals surface area (Å²) in [5.74, 6) is -0.213. The molecule has 0 aliphatic heterocycles. The van der Waals surface area contributed by atoms with Crippen LogP contribution >= 0.6 is 11.3 Å². The van der Waals surface area contributed by atoms with Crippen molar-refractivity contribution in [3.8, 4) is 6.07 Å². The number of rotatable bonds is 2. The van der Waals surface area contributed by atoms with Crippen molar-refractivity contribution in [3.05, 3.63) is 45.6 Å². The maximum atomic E-state index is 11.9. The lowest BCUT2D eigenvalue weighted by atomic mass is 10.2. The molecule has 0 aliphatic rings. The quantitative estimate of drug-likeness (QED) is 0.868. The Morgan fingerprint density at radius 3 is 2.83 bits per heavy atom. The first-order valence-corrected chi connectivity index (χ1v) is 6.09. The van der Waals surface area contributed by atoms with Crippen molar-refractivity contribution in [1.82, 2.24) is 0 Å². The molecule has 0 aliphatic carbocycles. The van der Waals surface area contributed by atoms with Crippen LogP contribution in [0.1, 0.15) is 20.1 Å². The number of thiophene rings is 1. The number of nitrogen functional groups attached to an aromatic ring is 1. The molecule has 18 heavy (non-hydrogen) atoms. The van der Waals surface area contributed by atoms with Crippen LogP contribution in [0.2, 0.25) is 0 Å². The van der Waals surface area contributed by atoms with Gasteiger partial charge in [-0.25, -0.2) is 0 Å². The van der Waals surface area contributed by atoms with E-state index in [9.17, 15) is 4.79 Å². The van der Waals surface area contributed by atoms with Crippen molar-refractivity contribution >= 4 is 28.6 Å². The highest BCUT2D eigenvalue weighted by molar-refractivity contribution is 7.14. The molecule has 1 amide bonds. The molecule has 0 bridgehead atoms. The van der Waals surface area contributed by atoms with Gasteiger partial charge in [0.2, 0.25) is 0 Å². The third kappa shape index (κ3) is 2.50. The van der Waals surface area contributed by atoms with Crippen LogP contribution in [0.5, 0.6) is 0 Å². The maximum absolute atomic E-state index is 11.9. The number of hydrogen-bond donors (Lipinski definition) is 2. The minimum Gasteiger partial charge on any atom is -0.398 e. The number of aryl methyl sites for hydroxylation is 1. The van der Waals surface area contributed by atoms with Gasteiger partial charge >= 0.3 is 0 Å². The van der Waals surface area contributed by atoms with E-state index in [4.69, 9.17) is 11.0 Å². The third-order valence-electron chi connectivity index (χ3n) is 2.43. The Kier molecular flexibility index (Phi) is 3.31. The molecular formula is C13H11N3OS. The predicted octanol–water partition coefficient (Wildman–Crippen LogP) is 2.76. The van der Waals surface area contributed by atoms with Crippen molar-refractivity contribution < 1.29 is 4.79 Å². The van der Waals surface area contributed by atoms with Gasteiger partial charge in [0.25, 0.3) is 5.91 Å². The highest BCUT2D eigenvalue weighted by Crippen LogP contribution is 2.24. The largest absolute Gasteiger partial charge is 0.398 e. The molecular weight excluding hydrogens is 246 g/mol. The van der Waals surface area contributed by atoms with Gasteiger partial charge < -0.3 is 11.1 Å². The number of nitrogens with zero attached hydrogens (tertiary/aromatic N) is 1. The van der Waals surface area contributed by atoms with E-state index < -0.39 is 0 Å². The van der Waals surface area contributed by atoms with E-state index in [1.807, 2.05) is 13.0 Å². The standard InChI is InChI=1S/C13H11N3OS/c1-8-11(15)6-12(18-8)13(17)16-10-4-2-3-9(5-10)7-14/h2-6H,15H2,1H3,(H,16,17). The number of nitrogens with one attached hydrogen (secondary N) is 1. The summed E-state index contributed by atoms with van der Waals surface area (Å²) in [6, 6.07) is 10.5. The minimum atomic E-state index is -0.213. The number of amides is 1. The number of nitriles is 1. The van der Waals surface area contributed by atoms with Gasteiger partial charge in [-0.15, -0.1) is 11.3 Å². The van der Waals surface area contributed by atoms with Crippen LogP contribution in [0.25, 0.3) is 0 Å². The van der Waals surface area contributed by atoms with E-state index in [0.29, 0.717) is 21.8 Å². The number of nitrogens with two attached hydrogens (primary N) is 1. The molecule has 1 heterocycles. The van der Waals surface area contributed by atoms with Crippen LogP contribution in [0.4, 0.5) is 11.4 Å². The summed E-state index contributed by atoms with van der Waals surface area (Å²) in [6.07, 6.45) is 0. The molecule has 0 spiro atoms. The van der Waals surface area contributed by atoms with E-state index in [0.717, 1.165) is 4.88 Å². The summed E-state index contributed by atoms with van der Waals surface area (Å²) < 4.78 is 0. The summed E-state index contributed by atoms with van der Waals surface area (Å²) >= 11 is 1.35. The van der Waals surface area contributed by atoms with Gasteiger partial charge in [-0.3, -0.25) is 4.79 Å². The van der Waals surface area contributed by atoms with E-state index >= 15 is 0 Å². The number of hydrogen-bond acceptors (Lipinski definition) is 4. The van der Waals surface area contributed by atoms with E-state index in [2.05, 4.69) is 5.32 Å². The normalized spacial score (nSPS) is 9.78. The Morgan fingerprint density at radius 1 is 1.44 bits per heavy atom. The van der Waals surface area contributed by atoms with Crippen molar-refractivity contribution in [2.45, 2.75) is 6.92 Å². The molecule has 5 heteroatoms. The van der Waals surface area contributed by atoms with Gasteiger partial charge in [0.05, 0.1) is 16.5 Å². The van der Waals surface area contributed by atoms with Gasteiger partial charge in [-0.05, 0) is 31.2 Å². The Labute approximate surface area is 109 Å². The fourth-order valence-electron chi connectivity index (χ4n) is 1.47. The summed E-state index contributed by atoms with van der Waals surface area (Å²) in [5.41, 5.74) is 7.44. The molecule has 3 N–H and O–H groups in total. The number of anilines is 2. The Balaban J connectivity index is 2.19. The summed E-state index contributed by atoms with van der Waals surface area (Å²) in [5, 5.41) is 11.5. The summed E-state index contributed by atoms with van der Waals surface area (Å²) in [7, 11) is 0. The maximum Gasteiger partial charge on any atom is 0.265 e. The smallest absolute Gasteiger partial charge is 0.265 e. The van der Waals surface area contributed by atoms with Crippen molar-refractivity contribution in [2.75, 3.05) is 11.1 Å². The molecule has 2 aromatic rings. The Hall–Kier alpha value is -2.32. The third-order valence-corrected chi connectivity index (χ3v) is 3.49. The van der Waals surface area contributed by atoms with Crippen LogP contribution in [-0.4, -0.2) is 5.91 Å². The van der Waals surface area contributed by atoms with Crippen LogP contribution in [0, 0.1) is 18.3 Å². The summed E-state index contributed by atoms with van der Waals surface area (Å²) in [6.45, 7) is 1.87.